The minimum absolute atomic E-state index is 0.267. The van der Waals surface area contributed by atoms with Gasteiger partial charge in [-0.15, -0.1) is 0 Å². The first kappa shape index (κ1) is 16.4. The molecule has 1 amide bonds. The van der Waals surface area contributed by atoms with Crippen LogP contribution >= 0.6 is 26.6 Å². The Morgan fingerprint density at radius 2 is 1.89 bits per heavy atom. The standard InChI is InChI=1S/C11H12BrClFNO3S/c1-3-15(4-2)11(16)8-5-7(12)6-9(10(8)14)19(13,17)18/h5-6H,3-4H2,1-2H3. The Bertz CT molecular complexity index is 602. The third-order valence-corrected chi connectivity index (χ3v) is 4.33. The van der Waals surface area contributed by atoms with Crippen LogP contribution in [0.3, 0.4) is 0 Å². The molecule has 0 heterocycles. The number of hydrogen-bond donors (Lipinski definition) is 0. The molecule has 0 atom stereocenters. The summed E-state index contributed by atoms with van der Waals surface area (Å²) in [6.07, 6.45) is 0. The van der Waals surface area contributed by atoms with Crippen LogP contribution in [0.5, 0.6) is 0 Å². The Kier molecular flexibility index (Phi) is 5.34. The molecule has 0 aliphatic rings. The van der Waals surface area contributed by atoms with E-state index in [9.17, 15) is 17.6 Å². The highest BCUT2D eigenvalue weighted by Gasteiger charge is 2.25. The Hall–Kier alpha value is -0.660. The summed E-state index contributed by atoms with van der Waals surface area (Å²) in [4.78, 5) is 12.8. The zero-order valence-corrected chi connectivity index (χ0v) is 13.4. The molecule has 19 heavy (non-hydrogen) atoms. The normalized spacial score (nSPS) is 11.4. The van der Waals surface area contributed by atoms with Crippen molar-refractivity contribution in [2.75, 3.05) is 13.1 Å². The van der Waals surface area contributed by atoms with Gasteiger partial charge in [0.2, 0.25) is 0 Å². The van der Waals surface area contributed by atoms with E-state index in [1.54, 1.807) is 13.8 Å². The average Bonchev–Trinajstić information content (AvgIpc) is 2.31. The van der Waals surface area contributed by atoms with Crippen molar-refractivity contribution < 1.29 is 17.6 Å². The van der Waals surface area contributed by atoms with Crippen LogP contribution in [-0.4, -0.2) is 32.3 Å². The predicted octanol–water partition coefficient (Wildman–Crippen LogP) is 3.00. The van der Waals surface area contributed by atoms with Gasteiger partial charge in [0.15, 0.2) is 5.82 Å². The summed E-state index contributed by atoms with van der Waals surface area (Å²) in [5.74, 6) is -1.71. The van der Waals surface area contributed by atoms with Gasteiger partial charge in [0.05, 0.1) is 5.56 Å². The molecule has 0 spiro atoms. The van der Waals surface area contributed by atoms with Gasteiger partial charge in [0.25, 0.3) is 15.0 Å². The zero-order chi connectivity index (χ0) is 14.8. The summed E-state index contributed by atoms with van der Waals surface area (Å²) in [7, 11) is 0.892. The fraction of sp³-hybridized carbons (Fsp3) is 0.364. The number of rotatable bonds is 4. The Balaban J connectivity index is 3.46. The van der Waals surface area contributed by atoms with Gasteiger partial charge in [0.1, 0.15) is 4.90 Å². The predicted molar refractivity (Wildman–Crippen MR) is 74.4 cm³/mol. The van der Waals surface area contributed by atoms with Crippen LogP contribution in [0.1, 0.15) is 24.2 Å². The number of halogens is 3. The van der Waals surface area contributed by atoms with Crippen molar-refractivity contribution >= 4 is 41.6 Å². The molecule has 0 aliphatic heterocycles. The van der Waals surface area contributed by atoms with Crippen molar-refractivity contribution in [1.82, 2.24) is 4.90 Å². The molecular formula is C11H12BrClFNO3S. The fourth-order valence-corrected chi connectivity index (χ4v) is 3.12. The number of amides is 1. The lowest BCUT2D eigenvalue weighted by Crippen LogP contribution is -2.31. The first-order valence-corrected chi connectivity index (χ1v) is 8.55. The maximum absolute atomic E-state index is 14.1. The molecule has 106 valence electrons. The Morgan fingerprint density at radius 3 is 2.32 bits per heavy atom. The van der Waals surface area contributed by atoms with Gasteiger partial charge in [-0.3, -0.25) is 4.79 Å². The third kappa shape index (κ3) is 3.67. The lowest BCUT2D eigenvalue weighted by Gasteiger charge is -2.19. The van der Waals surface area contributed by atoms with Crippen molar-refractivity contribution in [3.63, 3.8) is 0 Å². The van der Waals surface area contributed by atoms with E-state index in [4.69, 9.17) is 10.7 Å². The molecule has 0 radical (unpaired) electrons. The fourth-order valence-electron chi connectivity index (χ4n) is 1.58. The van der Waals surface area contributed by atoms with Crippen molar-refractivity contribution in [2.45, 2.75) is 18.7 Å². The smallest absolute Gasteiger partial charge is 0.264 e. The highest BCUT2D eigenvalue weighted by Crippen LogP contribution is 2.27. The van der Waals surface area contributed by atoms with Crippen molar-refractivity contribution in [3.8, 4) is 0 Å². The Morgan fingerprint density at radius 1 is 1.37 bits per heavy atom. The van der Waals surface area contributed by atoms with Gasteiger partial charge in [-0.05, 0) is 26.0 Å². The summed E-state index contributed by atoms with van der Waals surface area (Å²) < 4.78 is 36.9. The number of carbonyl (C=O) groups is 1. The molecule has 0 bridgehead atoms. The average molecular weight is 373 g/mol. The molecule has 0 unspecified atom stereocenters. The molecule has 0 fully saturated rings. The minimum Gasteiger partial charge on any atom is -0.339 e. The molecule has 0 aromatic heterocycles. The molecule has 8 heteroatoms. The van der Waals surface area contributed by atoms with E-state index < -0.39 is 25.7 Å². The van der Waals surface area contributed by atoms with Crippen LogP contribution in [0.15, 0.2) is 21.5 Å². The number of carbonyl (C=O) groups excluding carboxylic acids is 1. The van der Waals surface area contributed by atoms with Gasteiger partial charge >= 0.3 is 0 Å². The molecule has 1 rings (SSSR count). The van der Waals surface area contributed by atoms with Crippen molar-refractivity contribution in [1.29, 1.82) is 0 Å². The van der Waals surface area contributed by atoms with Gasteiger partial charge in [-0.1, -0.05) is 15.9 Å². The monoisotopic (exact) mass is 371 g/mol. The largest absolute Gasteiger partial charge is 0.339 e. The van der Waals surface area contributed by atoms with E-state index in [1.165, 1.54) is 11.0 Å². The number of benzene rings is 1. The maximum Gasteiger partial charge on any atom is 0.264 e. The molecule has 1 aromatic carbocycles. The number of hydrogen-bond acceptors (Lipinski definition) is 3. The lowest BCUT2D eigenvalue weighted by atomic mass is 10.2. The highest BCUT2D eigenvalue weighted by atomic mass is 79.9. The summed E-state index contributed by atoms with van der Waals surface area (Å²) >= 11 is 3.04. The van der Waals surface area contributed by atoms with Crippen molar-refractivity contribution in [2.24, 2.45) is 0 Å². The second-order valence-electron chi connectivity index (χ2n) is 3.68. The van der Waals surface area contributed by atoms with E-state index >= 15 is 0 Å². The summed E-state index contributed by atoms with van der Waals surface area (Å²) in [6.45, 7) is 4.28. The SMILES string of the molecule is CCN(CC)C(=O)c1cc(Br)cc(S(=O)(=O)Cl)c1F. The van der Waals surface area contributed by atoms with E-state index in [-0.39, 0.29) is 10.0 Å². The van der Waals surface area contributed by atoms with E-state index in [2.05, 4.69) is 15.9 Å². The highest BCUT2D eigenvalue weighted by molar-refractivity contribution is 9.10. The van der Waals surface area contributed by atoms with Crippen LogP contribution in [0.2, 0.25) is 0 Å². The second kappa shape index (κ2) is 6.19. The van der Waals surface area contributed by atoms with Gasteiger partial charge in [0, 0.05) is 28.2 Å². The zero-order valence-electron chi connectivity index (χ0n) is 10.3. The van der Waals surface area contributed by atoms with Crippen LogP contribution in [0.4, 0.5) is 4.39 Å². The van der Waals surface area contributed by atoms with Gasteiger partial charge in [-0.2, -0.15) is 0 Å². The quantitative estimate of drug-likeness (QED) is 0.764. The molecule has 0 aliphatic carbocycles. The summed E-state index contributed by atoms with van der Waals surface area (Å²) in [5.41, 5.74) is -0.322. The number of nitrogens with zero attached hydrogens (tertiary/aromatic N) is 1. The first-order chi connectivity index (χ1) is 8.72. The molecule has 0 saturated carbocycles. The maximum atomic E-state index is 14.1. The Labute approximate surface area is 124 Å². The van der Waals surface area contributed by atoms with E-state index in [1.807, 2.05) is 0 Å². The van der Waals surface area contributed by atoms with E-state index in [0.717, 1.165) is 6.07 Å². The van der Waals surface area contributed by atoms with Gasteiger partial charge < -0.3 is 4.90 Å². The van der Waals surface area contributed by atoms with E-state index in [0.29, 0.717) is 13.1 Å². The molecular weight excluding hydrogens is 361 g/mol. The van der Waals surface area contributed by atoms with Gasteiger partial charge in [-0.25, -0.2) is 12.8 Å². The minimum atomic E-state index is -4.25. The first-order valence-electron chi connectivity index (χ1n) is 5.45. The summed E-state index contributed by atoms with van der Waals surface area (Å²) in [6, 6.07) is 2.26. The molecule has 0 saturated heterocycles. The van der Waals surface area contributed by atoms with Crippen LogP contribution in [-0.2, 0) is 9.05 Å². The van der Waals surface area contributed by atoms with Crippen LogP contribution in [0, 0.1) is 5.82 Å². The topological polar surface area (TPSA) is 54.5 Å². The van der Waals surface area contributed by atoms with Crippen molar-refractivity contribution in [3.05, 3.63) is 28.0 Å². The van der Waals surface area contributed by atoms with Crippen LogP contribution < -0.4 is 0 Å². The molecule has 1 aromatic rings. The second-order valence-corrected chi connectivity index (χ2v) is 7.13. The molecule has 4 nitrogen and oxygen atoms in total. The lowest BCUT2D eigenvalue weighted by molar-refractivity contribution is 0.0767. The van der Waals surface area contributed by atoms with Crippen LogP contribution in [0.25, 0.3) is 0 Å². The molecule has 0 N–H and O–H groups in total. The summed E-state index contributed by atoms with van der Waals surface area (Å²) in [5, 5.41) is 0. The third-order valence-electron chi connectivity index (χ3n) is 2.55.